The van der Waals surface area contributed by atoms with Gasteiger partial charge in [-0.05, 0) is 66.5 Å². The van der Waals surface area contributed by atoms with Crippen LogP contribution in [-0.4, -0.2) is 34.7 Å². The van der Waals surface area contributed by atoms with Gasteiger partial charge in [-0.25, -0.2) is 9.97 Å². The SMILES string of the molecule is COc1cccc(-c2nc3c(-c4ccc5ccccc5c4)ccnc3n2C2CCNCC2)c1. The van der Waals surface area contributed by atoms with Crippen LogP contribution in [0.4, 0.5) is 0 Å². The highest BCUT2D eigenvalue weighted by Crippen LogP contribution is 2.36. The molecule has 1 aliphatic heterocycles. The number of fused-ring (bicyclic) bond motifs is 2. The van der Waals surface area contributed by atoms with Crippen molar-refractivity contribution in [3.63, 3.8) is 0 Å². The Balaban J connectivity index is 1.59. The summed E-state index contributed by atoms with van der Waals surface area (Å²) in [5.41, 5.74) is 5.22. The van der Waals surface area contributed by atoms with E-state index in [4.69, 9.17) is 14.7 Å². The summed E-state index contributed by atoms with van der Waals surface area (Å²) in [5, 5.41) is 5.95. The molecule has 2 aromatic heterocycles. The summed E-state index contributed by atoms with van der Waals surface area (Å²) < 4.78 is 7.86. The fraction of sp³-hybridized carbons (Fsp3) is 0.214. The van der Waals surface area contributed by atoms with Crippen molar-refractivity contribution in [3.05, 3.63) is 79.0 Å². The first-order valence-corrected chi connectivity index (χ1v) is 11.5. The molecule has 0 bridgehead atoms. The lowest BCUT2D eigenvalue weighted by atomic mass is 10.0. The highest BCUT2D eigenvalue weighted by atomic mass is 16.5. The average molecular weight is 435 g/mol. The number of nitrogens with zero attached hydrogens (tertiary/aromatic N) is 3. The summed E-state index contributed by atoms with van der Waals surface area (Å²) in [5.74, 6) is 1.79. The smallest absolute Gasteiger partial charge is 0.161 e. The van der Waals surface area contributed by atoms with E-state index < -0.39 is 0 Å². The summed E-state index contributed by atoms with van der Waals surface area (Å²) in [6, 6.07) is 25.7. The van der Waals surface area contributed by atoms with Crippen LogP contribution in [0.3, 0.4) is 0 Å². The van der Waals surface area contributed by atoms with E-state index >= 15 is 0 Å². The number of pyridine rings is 1. The molecule has 1 fully saturated rings. The molecule has 5 heteroatoms. The molecule has 5 nitrogen and oxygen atoms in total. The Morgan fingerprint density at radius 3 is 2.58 bits per heavy atom. The number of piperidine rings is 1. The molecule has 0 amide bonds. The van der Waals surface area contributed by atoms with Crippen LogP contribution in [0.15, 0.2) is 79.0 Å². The van der Waals surface area contributed by atoms with E-state index in [1.165, 1.54) is 10.8 Å². The molecule has 0 saturated carbocycles. The van der Waals surface area contributed by atoms with E-state index in [0.29, 0.717) is 6.04 Å². The topological polar surface area (TPSA) is 52.0 Å². The molecule has 0 spiro atoms. The lowest BCUT2D eigenvalue weighted by Gasteiger charge is -2.26. The number of aromatic nitrogens is 3. The van der Waals surface area contributed by atoms with Crippen LogP contribution in [-0.2, 0) is 0 Å². The highest BCUT2D eigenvalue weighted by Gasteiger charge is 2.24. The van der Waals surface area contributed by atoms with Crippen molar-refractivity contribution in [3.8, 4) is 28.3 Å². The Morgan fingerprint density at radius 1 is 0.879 bits per heavy atom. The van der Waals surface area contributed by atoms with Crippen molar-refractivity contribution in [2.24, 2.45) is 0 Å². The first-order chi connectivity index (χ1) is 16.3. The van der Waals surface area contributed by atoms with Gasteiger partial charge < -0.3 is 14.6 Å². The van der Waals surface area contributed by atoms with Crippen LogP contribution in [0, 0.1) is 0 Å². The summed E-state index contributed by atoms with van der Waals surface area (Å²) in [6.07, 6.45) is 4.04. The minimum Gasteiger partial charge on any atom is -0.497 e. The van der Waals surface area contributed by atoms with Gasteiger partial charge in [0, 0.05) is 23.4 Å². The molecule has 0 radical (unpaired) electrons. The number of hydrogen-bond acceptors (Lipinski definition) is 4. The number of methoxy groups -OCH3 is 1. The summed E-state index contributed by atoms with van der Waals surface area (Å²) in [6.45, 7) is 2.01. The summed E-state index contributed by atoms with van der Waals surface area (Å²) in [7, 11) is 1.70. The molecule has 0 aliphatic carbocycles. The molecule has 3 aromatic carbocycles. The van der Waals surface area contributed by atoms with Crippen LogP contribution in [0.1, 0.15) is 18.9 Å². The Kier molecular flexibility index (Phi) is 5.04. The van der Waals surface area contributed by atoms with Crippen molar-refractivity contribution < 1.29 is 4.74 Å². The maximum atomic E-state index is 5.51. The van der Waals surface area contributed by atoms with Crippen molar-refractivity contribution in [1.82, 2.24) is 19.9 Å². The fourth-order valence-electron chi connectivity index (χ4n) is 4.96. The second-order valence-electron chi connectivity index (χ2n) is 8.61. The third-order valence-corrected chi connectivity index (χ3v) is 6.64. The molecule has 164 valence electrons. The average Bonchev–Trinajstić information content (AvgIpc) is 3.29. The van der Waals surface area contributed by atoms with E-state index in [-0.39, 0.29) is 0 Å². The standard InChI is InChI=1S/C28H26N4O/c1-33-24-8-4-7-22(18-24)27-31-26-25(21-10-9-19-5-2-3-6-20(19)17-21)13-16-30-28(26)32(27)23-11-14-29-15-12-23/h2-10,13,16-18,23,29H,11-12,14-15H2,1H3. The maximum absolute atomic E-state index is 5.51. The lowest BCUT2D eigenvalue weighted by Crippen LogP contribution is -2.29. The number of benzene rings is 3. The molecule has 0 unspecified atom stereocenters. The van der Waals surface area contributed by atoms with Gasteiger partial charge in [0.25, 0.3) is 0 Å². The van der Waals surface area contributed by atoms with Gasteiger partial charge in [-0.15, -0.1) is 0 Å². The quantitative estimate of drug-likeness (QED) is 0.385. The van der Waals surface area contributed by atoms with E-state index in [9.17, 15) is 0 Å². The summed E-state index contributed by atoms with van der Waals surface area (Å²) >= 11 is 0. The van der Waals surface area contributed by atoms with Crippen LogP contribution in [0.25, 0.3) is 44.5 Å². The summed E-state index contributed by atoms with van der Waals surface area (Å²) in [4.78, 5) is 10.1. The number of nitrogens with one attached hydrogen (secondary N) is 1. The van der Waals surface area contributed by atoms with Crippen molar-refractivity contribution in [2.75, 3.05) is 20.2 Å². The maximum Gasteiger partial charge on any atom is 0.161 e. The monoisotopic (exact) mass is 434 g/mol. The third-order valence-electron chi connectivity index (χ3n) is 6.64. The second kappa shape index (κ2) is 8.34. The van der Waals surface area contributed by atoms with E-state index in [2.05, 4.69) is 70.5 Å². The Hall–Kier alpha value is -3.70. The van der Waals surface area contributed by atoms with Gasteiger partial charge in [-0.2, -0.15) is 0 Å². The first-order valence-electron chi connectivity index (χ1n) is 11.5. The van der Waals surface area contributed by atoms with Crippen LogP contribution < -0.4 is 10.1 Å². The largest absolute Gasteiger partial charge is 0.497 e. The normalized spacial score (nSPS) is 14.7. The zero-order valence-corrected chi connectivity index (χ0v) is 18.7. The third kappa shape index (κ3) is 3.55. The van der Waals surface area contributed by atoms with E-state index in [1.54, 1.807) is 7.11 Å². The van der Waals surface area contributed by atoms with Gasteiger partial charge in [-0.1, -0.05) is 48.5 Å². The van der Waals surface area contributed by atoms with E-state index in [1.807, 2.05) is 18.3 Å². The number of ether oxygens (including phenoxy) is 1. The van der Waals surface area contributed by atoms with Crippen molar-refractivity contribution in [2.45, 2.75) is 18.9 Å². The molecule has 1 saturated heterocycles. The Labute approximate surface area is 193 Å². The van der Waals surface area contributed by atoms with Gasteiger partial charge in [0.05, 0.1) is 7.11 Å². The van der Waals surface area contributed by atoms with E-state index in [0.717, 1.165) is 65.4 Å². The molecule has 3 heterocycles. The van der Waals surface area contributed by atoms with Gasteiger partial charge in [0.2, 0.25) is 0 Å². The molecule has 1 N–H and O–H groups in total. The van der Waals surface area contributed by atoms with Crippen LogP contribution >= 0.6 is 0 Å². The predicted molar refractivity (Wildman–Crippen MR) is 134 cm³/mol. The molecule has 5 aromatic rings. The number of rotatable bonds is 4. The predicted octanol–water partition coefficient (Wildman–Crippen LogP) is 5.85. The molecular formula is C28H26N4O. The lowest BCUT2D eigenvalue weighted by molar-refractivity contribution is 0.376. The number of hydrogen-bond donors (Lipinski definition) is 1. The van der Waals surface area contributed by atoms with Gasteiger partial charge in [-0.3, -0.25) is 0 Å². The van der Waals surface area contributed by atoms with Crippen molar-refractivity contribution >= 4 is 21.9 Å². The molecule has 1 aliphatic rings. The van der Waals surface area contributed by atoms with Gasteiger partial charge >= 0.3 is 0 Å². The molecule has 33 heavy (non-hydrogen) atoms. The second-order valence-corrected chi connectivity index (χ2v) is 8.61. The molecule has 6 rings (SSSR count). The Morgan fingerprint density at radius 2 is 1.73 bits per heavy atom. The zero-order valence-electron chi connectivity index (χ0n) is 18.7. The molecule has 0 atom stereocenters. The first kappa shape index (κ1) is 19.9. The molecular weight excluding hydrogens is 408 g/mol. The van der Waals surface area contributed by atoms with Crippen LogP contribution in [0.2, 0.25) is 0 Å². The number of imidazole rings is 1. The van der Waals surface area contributed by atoms with Crippen LogP contribution in [0.5, 0.6) is 5.75 Å². The Bertz CT molecular complexity index is 1450. The highest BCUT2D eigenvalue weighted by molar-refractivity contribution is 5.95. The minimum absolute atomic E-state index is 0.358. The fourth-order valence-corrected chi connectivity index (χ4v) is 4.96. The minimum atomic E-state index is 0.358. The van der Waals surface area contributed by atoms with Crippen molar-refractivity contribution in [1.29, 1.82) is 0 Å². The zero-order chi connectivity index (χ0) is 22.2. The van der Waals surface area contributed by atoms with Gasteiger partial charge in [0.1, 0.15) is 17.1 Å². The van der Waals surface area contributed by atoms with Gasteiger partial charge in [0.15, 0.2) is 5.65 Å².